The summed E-state index contributed by atoms with van der Waals surface area (Å²) < 4.78 is 3.96. The van der Waals surface area contributed by atoms with Gasteiger partial charge in [-0.05, 0) is 37.3 Å². The van der Waals surface area contributed by atoms with E-state index in [-0.39, 0.29) is 25.2 Å². The molecule has 0 bridgehead atoms. The van der Waals surface area contributed by atoms with E-state index in [1.807, 2.05) is 13.8 Å². The molecule has 0 amide bonds. The summed E-state index contributed by atoms with van der Waals surface area (Å²) in [5.41, 5.74) is 0. The molecule has 0 aromatic rings. The molecule has 16 heteroatoms. The van der Waals surface area contributed by atoms with E-state index < -0.39 is 41.4 Å². The van der Waals surface area contributed by atoms with E-state index in [1.165, 1.54) is 11.8 Å². The van der Waals surface area contributed by atoms with E-state index in [0.717, 1.165) is 23.9 Å². The molecule has 0 heterocycles. The first-order valence-corrected chi connectivity index (χ1v) is 13.0. The number of ether oxygens (including phenoxy) is 1. The molecule has 0 fully saturated rings. The van der Waals surface area contributed by atoms with E-state index >= 15 is 0 Å². The van der Waals surface area contributed by atoms with E-state index in [4.69, 9.17) is 35.7 Å². The molecule has 37 heavy (non-hydrogen) atoms. The summed E-state index contributed by atoms with van der Waals surface area (Å²) in [7, 11) is 0. The standard InChI is InChI=1S/C4H8O3.C4H8O2S.C4H8O2.C3H6O3.C3H6O2S.C3H6O2/c1-2-3(5)4(6)7;1-2-7-3-4(5)6;1-2-3-4(5)6;2*1-2-6-3(4)5;1-2-3(4)5/h3,5H,2H2,1H3,(H,6,7);2-3H2,1H3,(H,5,6);2-3H2,1H3,(H,5,6);2*2H2,1H3,(H,4,5);2H2,1H3,(H,4,5). The number of rotatable bonds is 10. The molecule has 0 aliphatic heterocycles. The predicted molar refractivity (Wildman–Crippen MR) is 141 cm³/mol. The van der Waals surface area contributed by atoms with Gasteiger partial charge >= 0.3 is 35.3 Å². The monoisotopic (exact) mass is 582 g/mol. The third kappa shape index (κ3) is 97.4. The van der Waals surface area contributed by atoms with Crippen LogP contribution in [-0.2, 0) is 23.9 Å². The number of hydrogen-bond donors (Lipinski definition) is 7. The summed E-state index contributed by atoms with van der Waals surface area (Å²) in [6.07, 6.45) is -0.873. The van der Waals surface area contributed by atoms with Gasteiger partial charge in [-0.3, -0.25) is 14.4 Å². The number of carbonyl (C=O) groups is 6. The SMILES string of the molecule is CCC(=O)O.CCC(O)C(=O)O.CCCC(=O)O.CCOC(=O)O.CCSC(=O)O.CCSCC(=O)O. The van der Waals surface area contributed by atoms with E-state index in [1.54, 1.807) is 27.7 Å². The molecule has 7 N–H and O–H groups in total. The molecule has 0 aliphatic carbocycles. The normalized spacial score (nSPS) is 9.05. The maximum atomic E-state index is 9.74. The molecular weight excluding hydrogens is 540 g/mol. The third-order valence-electron chi connectivity index (χ3n) is 2.40. The van der Waals surface area contributed by atoms with Crippen molar-refractivity contribution >= 4 is 58.9 Å². The fourth-order valence-electron chi connectivity index (χ4n) is 0.825. The molecule has 0 rings (SSSR count). The van der Waals surface area contributed by atoms with Crippen molar-refractivity contribution in [3.05, 3.63) is 0 Å². The number of hydrogen-bond acceptors (Lipinski definition) is 10. The molecular formula is C21H42O14S2. The quantitative estimate of drug-likeness (QED) is 0.179. The van der Waals surface area contributed by atoms with Crippen molar-refractivity contribution in [3.8, 4) is 0 Å². The lowest BCUT2D eigenvalue weighted by molar-refractivity contribution is -0.146. The van der Waals surface area contributed by atoms with Crippen molar-refractivity contribution < 1.29 is 69.2 Å². The minimum atomic E-state index is -1.21. The third-order valence-corrected chi connectivity index (χ3v) is 3.80. The van der Waals surface area contributed by atoms with Crippen molar-refractivity contribution in [3.63, 3.8) is 0 Å². The van der Waals surface area contributed by atoms with E-state index in [0.29, 0.717) is 12.2 Å². The van der Waals surface area contributed by atoms with Gasteiger partial charge in [-0.25, -0.2) is 14.4 Å². The first kappa shape index (κ1) is 47.5. The molecule has 0 radical (unpaired) electrons. The zero-order chi connectivity index (χ0) is 30.8. The summed E-state index contributed by atoms with van der Waals surface area (Å²) >= 11 is 2.32. The van der Waals surface area contributed by atoms with Crippen molar-refractivity contribution in [2.45, 2.75) is 73.3 Å². The zero-order valence-corrected chi connectivity index (χ0v) is 23.7. The lowest BCUT2D eigenvalue weighted by atomic mass is 10.3. The number of aliphatic hydroxyl groups is 1. The van der Waals surface area contributed by atoms with Gasteiger partial charge in [0.15, 0.2) is 6.10 Å². The molecule has 222 valence electrons. The lowest BCUT2D eigenvalue weighted by Gasteiger charge is -1.95. The van der Waals surface area contributed by atoms with Gasteiger partial charge in [-0.15, -0.1) is 0 Å². The van der Waals surface area contributed by atoms with E-state index in [9.17, 15) is 28.8 Å². The minimum absolute atomic E-state index is 0.222. The fraction of sp³-hybridized carbons (Fsp3) is 0.714. The van der Waals surface area contributed by atoms with Crippen LogP contribution in [0.15, 0.2) is 0 Å². The molecule has 0 spiro atoms. The van der Waals surface area contributed by atoms with Crippen LogP contribution in [0.2, 0.25) is 0 Å². The van der Waals surface area contributed by atoms with Gasteiger partial charge in [0.2, 0.25) is 0 Å². The van der Waals surface area contributed by atoms with Crippen LogP contribution in [0.5, 0.6) is 0 Å². The predicted octanol–water partition coefficient (Wildman–Crippen LogP) is 4.14. The fourth-order valence-corrected chi connectivity index (χ4v) is 1.45. The second-order valence-corrected chi connectivity index (χ2v) is 8.07. The second-order valence-electron chi connectivity index (χ2n) is 5.58. The smallest absolute Gasteiger partial charge is 0.481 e. The first-order valence-electron chi connectivity index (χ1n) is 10.9. The Morgan fingerprint density at radius 1 is 0.730 bits per heavy atom. The molecule has 0 saturated heterocycles. The highest BCUT2D eigenvalue weighted by molar-refractivity contribution is 8.13. The Hall–Kier alpha value is -2.72. The Labute approximate surface area is 225 Å². The van der Waals surface area contributed by atoms with Crippen LogP contribution >= 0.6 is 23.5 Å². The van der Waals surface area contributed by atoms with Crippen molar-refractivity contribution in [1.29, 1.82) is 0 Å². The Kier molecular flexibility index (Phi) is 51.9. The Balaban J connectivity index is -0.0000000782. The maximum absolute atomic E-state index is 9.74. The molecule has 1 atom stereocenters. The molecule has 0 aromatic heterocycles. The molecule has 0 aliphatic rings. The van der Waals surface area contributed by atoms with Crippen LogP contribution in [0.1, 0.15) is 67.2 Å². The average molecular weight is 583 g/mol. The van der Waals surface area contributed by atoms with Crippen LogP contribution in [-0.4, -0.2) is 101 Å². The topological polar surface area (TPSA) is 253 Å². The van der Waals surface area contributed by atoms with Gasteiger partial charge in [0.05, 0.1) is 12.4 Å². The number of thioether (sulfide) groups is 2. The van der Waals surface area contributed by atoms with E-state index in [2.05, 4.69) is 4.74 Å². The number of aliphatic carboxylic acids is 4. The van der Waals surface area contributed by atoms with Crippen LogP contribution in [0.3, 0.4) is 0 Å². The summed E-state index contributed by atoms with van der Waals surface area (Å²) in [5, 5.41) is 54.7. The Bertz CT molecular complexity index is 548. The molecule has 14 nitrogen and oxygen atoms in total. The number of carboxylic acids is 4. The van der Waals surface area contributed by atoms with Gasteiger partial charge < -0.3 is 40.5 Å². The van der Waals surface area contributed by atoms with Crippen LogP contribution in [0.4, 0.5) is 9.59 Å². The largest absolute Gasteiger partial charge is 0.505 e. The summed E-state index contributed by atoms with van der Waals surface area (Å²) in [4.78, 5) is 57.3. The number of aliphatic hydroxyl groups excluding tert-OH is 1. The van der Waals surface area contributed by atoms with Gasteiger partial charge in [0, 0.05) is 18.6 Å². The van der Waals surface area contributed by atoms with Crippen LogP contribution in [0.25, 0.3) is 0 Å². The summed E-state index contributed by atoms with van der Waals surface area (Å²) in [6, 6.07) is 0. The maximum Gasteiger partial charge on any atom is 0.505 e. The Morgan fingerprint density at radius 3 is 1.22 bits per heavy atom. The second kappa shape index (κ2) is 40.4. The molecule has 0 aromatic carbocycles. The highest BCUT2D eigenvalue weighted by atomic mass is 32.2. The Morgan fingerprint density at radius 2 is 1.19 bits per heavy atom. The van der Waals surface area contributed by atoms with Gasteiger partial charge in [-0.2, -0.15) is 11.8 Å². The lowest BCUT2D eigenvalue weighted by Crippen LogP contribution is -2.17. The minimum Gasteiger partial charge on any atom is -0.481 e. The van der Waals surface area contributed by atoms with Crippen LogP contribution in [0, 0.1) is 0 Å². The van der Waals surface area contributed by atoms with Gasteiger partial charge in [-0.1, -0.05) is 34.6 Å². The highest BCUT2D eigenvalue weighted by Crippen LogP contribution is 1.96. The van der Waals surface area contributed by atoms with Crippen molar-refractivity contribution in [1.82, 2.24) is 0 Å². The average Bonchev–Trinajstić information content (AvgIpc) is 2.78. The van der Waals surface area contributed by atoms with Crippen LogP contribution < -0.4 is 0 Å². The van der Waals surface area contributed by atoms with Crippen molar-refractivity contribution in [2.75, 3.05) is 23.9 Å². The molecule has 0 saturated carbocycles. The summed E-state index contributed by atoms with van der Waals surface area (Å²) in [5.74, 6) is -1.57. The zero-order valence-electron chi connectivity index (χ0n) is 22.0. The summed E-state index contributed by atoms with van der Waals surface area (Å²) in [6.45, 7) is 10.6. The van der Waals surface area contributed by atoms with Gasteiger partial charge in [0.1, 0.15) is 0 Å². The number of carboxylic acid groups (broad SMARTS) is 6. The van der Waals surface area contributed by atoms with Gasteiger partial charge in [0.25, 0.3) is 0 Å². The molecule has 1 unspecified atom stereocenters. The first-order chi connectivity index (χ1) is 17.0. The highest BCUT2D eigenvalue weighted by Gasteiger charge is 2.07. The van der Waals surface area contributed by atoms with Crippen molar-refractivity contribution in [2.24, 2.45) is 0 Å².